The summed E-state index contributed by atoms with van der Waals surface area (Å²) in [6.07, 6.45) is 4.37. The van der Waals surface area contributed by atoms with Gasteiger partial charge in [-0.05, 0) is 62.5 Å². The summed E-state index contributed by atoms with van der Waals surface area (Å²) >= 11 is 6.28. The van der Waals surface area contributed by atoms with E-state index in [1.807, 2.05) is 49.0 Å². The molecule has 0 amide bonds. The third kappa shape index (κ3) is 6.00. The molecule has 45 heavy (non-hydrogen) atoms. The van der Waals surface area contributed by atoms with Gasteiger partial charge in [0.2, 0.25) is 0 Å². The summed E-state index contributed by atoms with van der Waals surface area (Å²) in [5.74, 6) is -0.608. The highest BCUT2D eigenvalue weighted by Crippen LogP contribution is 2.37. The molecule has 1 aliphatic rings. The highest BCUT2D eigenvalue weighted by Gasteiger charge is 2.28. The average molecular weight is 650 g/mol. The number of hydrogen-bond donors (Lipinski definition) is 0. The molecule has 1 aliphatic heterocycles. The Morgan fingerprint density at radius 1 is 1.07 bits per heavy atom. The van der Waals surface area contributed by atoms with Crippen molar-refractivity contribution in [3.05, 3.63) is 112 Å². The zero-order valence-corrected chi connectivity index (χ0v) is 26.7. The number of likely N-dealkylation sites (N-methyl/N-ethyl adjacent to an activating group) is 1. The highest BCUT2D eigenvalue weighted by atomic mass is 35.5. The van der Waals surface area contributed by atoms with Gasteiger partial charge in [-0.3, -0.25) is 4.79 Å². The van der Waals surface area contributed by atoms with Crippen LogP contribution < -0.4 is 10.5 Å². The SMILES string of the molecule is Cc1ccc(S(=O)(=O)n2cc(-c3ccn(C(CN(C)C)c4cccc(Cl)c4)c(=O)c3)c3c(F)c(N4CCOCC4)cnc32)cc1. The van der Waals surface area contributed by atoms with E-state index in [2.05, 4.69) is 4.98 Å². The number of hydrogen-bond acceptors (Lipinski definition) is 7. The Morgan fingerprint density at radius 3 is 2.47 bits per heavy atom. The first-order chi connectivity index (χ1) is 21.5. The van der Waals surface area contributed by atoms with E-state index in [1.165, 1.54) is 30.6 Å². The first kappa shape index (κ1) is 31.0. The Hall–Kier alpha value is -4.03. The van der Waals surface area contributed by atoms with E-state index < -0.39 is 15.8 Å². The number of pyridine rings is 2. The van der Waals surface area contributed by atoms with E-state index in [4.69, 9.17) is 16.3 Å². The van der Waals surface area contributed by atoms with Crippen LogP contribution in [0.25, 0.3) is 22.2 Å². The van der Waals surface area contributed by atoms with Crippen LogP contribution in [-0.2, 0) is 14.8 Å². The van der Waals surface area contributed by atoms with Gasteiger partial charge in [-0.1, -0.05) is 41.4 Å². The van der Waals surface area contributed by atoms with E-state index in [9.17, 15) is 13.2 Å². The van der Waals surface area contributed by atoms with Crippen molar-refractivity contribution < 1.29 is 17.5 Å². The van der Waals surface area contributed by atoms with Gasteiger partial charge in [0.15, 0.2) is 11.5 Å². The fourth-order valence-corrected chi connectivity index (χ4v) is 7.21. The van der Waals surface area contributed by atoms with E-state index in [-0.39, 0.29) is 38.8 Å². The van der Waals surface area contributed by atoms with Gasteiger partial charge >= 0.3 is 0 Å². The number of aromatic nitrogens is 3. The van der Waals surface area contributed by atoms with Crippen molar-refractivity contribution in [3.63, 3.8) is 0 Å². The van der Waals surface area contributed by atoms with Crippen molar-refractivity contribution >= 4 is 38.3 Å². The van der Waals surface area contributed by atoms with Crippen LogP contribution in [0.5, 0.6) is 0 Å². The molecule has 0 aliphatic carbocycles. The monoisotopic (exact) mass is 649 g/mol. The van der Waals surface area contributed by atoms with Gasteiger partial charge in [-0.15, -0.1) is 0 Å². The number of benzene rings is 2. The van der Waals surface area contributed by atoms with Crippen molar-refractivity contribution in [1.82, 2.24) is 18.4 Å². The molecule has 3 aromatic heterocycles. The largest absolute Gasteiger partial charge is 0.378 e. The molecule has 0 N–H and O–H groups in total. The van der Waals surface area contributed by atoms with E-state index in [1.54, 1.807) is 35.0 Å². The zero-order valence-electron chi connectivity index (χ0n) is 25.2. The summed E-state index contributed by atoms with van der Waals surface area (Å²) in [7, 11) is -0.319. The maximum atomic E-state index is 16.5. The van der Waals surface area contributed by atoms with Crippen LogP contribution in [0.1, 0.15) is 17.2 Å². The van der Waals surface area contributed by atoms with Gasteiger partial charge in [0.1, 0.15) is 0 Å². The molecular formula is C33H33ClFN5O4S. The number of halogens is 2. The van der Waals surface area contributed by atoms with Crippen LogP contribution >= 0.6 is 11.6 Å². The molecule has 1 saturated heterocycles. The lowest BCUT2D eigenvalue weighted by Gasteiger charge is -2.29. The minimum absolute atomic E-state index is 0.0199. The van der Waals surface area contributed by atoms with Crippen LogP contribution in [-0.4, -0.2) is 73.8 Å². The van der Waals surface area contributed by atoms with Crippen LogP contribution in [0.3, 0.4) is 0 Å². The number of morpholine rings is 1. The third-order valence-electron chi connectivity index (χ3n) is 8.00. The molecule has 1 fully saturated rings. The average Bonchev–Trinajstić information content (AvgIpc) is 3.42. The minimum Gasteiger partial charge on any atom is -0.378 e. The Labute approximate surface area is 266 Å². The lowest BCUT2D eigenvalue weighted by molar-refractivity contribution is 0.122. The molecular weight excluding hydrogens is 617 g/mol. The van der Waals surface area contributed by atoms with E-state index in [0.29, 0.717) is 43.4 Å². The lowest BCUT2D eigenvalue weighted by atomic mass is 10.0. The van der Waals surface area contributed by atoms with Crippen LogP contribution in [0.4, 0.5) is 10.1 Å². The fraction of sp³-hybridized carbons (Fsp3) is 0.273. The molecule has 9 nitrogen and oxygen atoms in total. The number of rotatable bonds is 8. The predicted molar refractivity (Wildman–Crippen MR) is 174 cm³/mol. The Morgan fingerprint density at radius 2 is 1.80 bits per heavy atom. The molecule has 12 heteroatoms. The molecule has 4 heterocycles. The molecule has 234 valence electrons. The number of aryl methyl sites for hydroxylation is 1. The molecule has 0 bridgehead atoms. The minimum atomic E-state index is -4.16. The molecule has 0 spiro atoms. The van der Waals surface area contributed by atoms with Gasteiger partial charge in [0.05, 0.1) is 41.4 Å². The summed E-state index contributed by atoms with van der Waals surface area (Å²) in [4.78, 5) is 22.1. The lowest BCUT2D eigenvalue weighted by Crippen LogP contribution is -2.36. The molecule has 0 radical (unpaired) electrons. The Kier molecular flexibility index (Phi) is 8.53. The summed E-state index contributed by atoms with van der Waals surface area (Å²) in [6, 6.07) is 16.5. The second-order valence-corrected chi connectivity index (χ2v) is 13.7. The number of fused-ring (bicyclic) bond motifs is 1. The van der Waals surface area contributed by atoms with Crippen molar-refractivity contribution in [2.45, 2.75) is 17.9 Å². The van der Waals surface area contributed by atoms with Gasteiger partial charge in [0.25, 0.3) is 15.6 Å². The molecule has 1 unspecified atom stereocenters. The second-order valence-electron chi connectivity index (χ2n) is 11.4. The maximum absolute atomic E-state index is 16.5. The summed E-state index contributed by atoms with van der Waals surface area (Å²) < 4.78 is 52.4. The van der Waals surface area contributed by atoms with Crippen molar-refractivity contribution in [2.75, 3.05) is 51.8 Å². The smallest absolute Gasteiger partial charge is 0.269 e. The van der Waals surface area contributed by atoms with Gasteiger partial charge in [-0.25, -0.2) is 21.8 Å². The predicted octanol–water partition coefficient (Wildman–Crippen LogP) is 5.19. The maximum Gasteiger partial charge on any atom is 0.269 e. The van der Waals surface area contributed by atoms with Crippen molar-refractivity contribution in [3.8, 4) is 11.1 Å². The van der Waals surface area contributed by atoms with Gasteiger partial charge < -0.3 is 19.1 Å². The standard InChI is InChI=1S/C33H33ClFN5O4S/c1-22-7-9-26(10-8-22)45(42,43)40-20-27(31-32(35)28(19-36-33(31)40)38-13-15-44-16-14-38)23-11-12-39(30(41)18-23)29(21-37(2)3)24-5-4-6-25(34)17-24/h4-12,17-20,29H,13-16,21H2,1-3H3. The third-order valence-corrected chi connectivity index (χ3v) is 9.90. The molecule has 6 rings (SSSR count). The van der Waals surface area contributed by atoms with Crippen molar-refractivity contribution in [2.24, 2.45) is 0 Å². The molecule has 1 atom stereocenters. The molecule has 2 aromatic carbocycles. The number of nitrogens with zero attached hydrogens (tertiary/aromatic N) is 5. The fourth-order valence-electron chi connectivity index (χ4n) is 5.70. The van der Waals surface area contributed by atoms with E-state index >= 15 is 4.39 Å². The first-order valence-corrected chi connectivity index (χ1v) is 16.3. The highest BCUT2D eigenvalue weighted by molar-refractivity contribution is 7.90. The zero-order chi connectivity index (χ0) is 31.9. The quantitative estimate of drug-likeness (QED) is 0.229. The second kappa shape index (κ2) is 12.4. The van der Waals surface area contributed by atoms with E-state index in [0.717, 1.165) is 15.1 Å². The Balaban J connectivity index is 1.53. The van der Waals surface area contributed by atoms with Gasteiger partial charge in [-0.2, -0.15) is 0 Å². The number of ether oxygens (including phenoxy) is 1. The summed E-state index contributed by atoms with van der Waals surface area (Å²) in [5.41, 5.74) is 2.23. The topological polar surface area (TPSA) is 89.7 Å². The first-order valence-electron chi connectivity index (χ1n) is 14.5. The van der Waals surface area contributed by atoms with Crippen molar-refractivity contribution in [1.29, 1.82) is 0 Å². The normalized spacial score (nSPS) is 14.8. The van der Waals surface area contributed by atoms with Crippen LogP contribution in [0.2, 0.25) is 5.02 Å². The number of anilines is 1. The summed E-state index contributed by atoms with van der Waals surface area (Å²) in [6.45, 7) is 4.19. The van der Waals surface area contributed by atoms with Crippen LogP contribution in [0.15, 0.2) is 88.9 Å². The Bertz CT molecular complexity index is 2040. The van der Waals surface area contributed by atoms with Crippen LogP contribution in [0, 0.1) is 12.7 Å². The molecule has 5 aromatic rings. The summed E-state index contributed by atoms with van der Waals surface area (Å²) in [5, 5.41) is 0.578. The van der Waals surface area contributed by atoms with Gasteiger partial charge in [0, 0.05) is 48.7 Å². The molecule has 0 saturated carbocycles.